The molecule has 0 saturated carbocycles. The highest BCUT2D eigenvalue weighted by atomic mass is 35.5. The van der Waals surface area contributed by atoms with E-state index < -0.39 is 86.8 Å². The topological polar surface area (TPSA) is 81.4 Å². The maximum atomic E-state index is 14.3. The fraction of sp³-hybridized carbons (Fsp3) is 0.333. The Labute approximate surface area is 252 Å². The van der Waals surface area contributed by atoms with Gasteiger partial charge in [-0.15, -0.1) is 5.10 Å². The van der Waals surface area contributed by atoms with Crippen LogP contribution in [0.15, 0.2) is 35.5 Å². The minimum Gasteiger partial charge on any atom is -0.374 e. The lowest BCUT2D eigenvalue weighted by molar-refractivity contribution is -0.275. The van der Waals surface area contributed by atoms with Gasteiger partial charge in [0.15, 0.2) is 5.82 Å². The number of nitrogens with one attached hydrogen (secondary N) is 1. The molecule has 4 rings (SSSR count). The lowest BCUT2D eigenvalue weighted by atomic mass is 9.86. The van der Waals surface area contributed by atoms with Crippen molar-refractivity contribution in [3.05, 3.63) is 74.3 Å². The zero-order chi connectivity index (χ0) is 33.9. The summed E-state index contributed by atoms with van der Waals surface area (Å²) in [6.45, 7) is 1.24. The number of anilines is 1. The van der Waals surface area contributed by atoms with Crippen molar-refractivity contribution < 1.29 is 62.3 Å². The van der Waals surface area contributed by atoms with E-state index in [0.717, 1.165) is 18.2 Å². The zero-order valence-electron chi connectivity index (χ0n) is 21.6. The molecule has 3 aromatic rings. The number of rotatable bonds is 7. The molecule has 2 unspecified atom stereocenters. The Balaban J connectivity index is 1.61. The molecule has 1 amide bonds. The maximum absolute atomic E-state index is 14.3. The van der Waals surface area contributed by atoms with E-state index in [1.165, 1.54) is 6.92 Å². The second kappa shape index (κ2) is 11.6. The van der Waals surface area contributed by atoms with Gasteiger partial charge in [-0.05, 0) is 42.3 Å². The number of hydrogen-bond acceptors (Lipinski definition) is 5. The van der Waals surface area contributed by atoms with Crippen molar-refractivity contribution in [2.45, 2.75) is 49.9 Å². The summed E-state index contributed by atoms with van der Waals surface area (Å²) in [6.07, 6.45) is -20.8. The summed E-state index contributed by atoms with van der Waals surface area (Å²) in [4.78, 5) is 20.3. The fourth-order valence-electron chi connectivity index (χ4n) is 4.11. The average molecular weight is 702 g/mol. The Hall–Kier alpha value is -3.74. The van der Waals surface area contributed by atoms with Gasteiger partial charge in [0, 0.05) is 17.5 Å². The molecule has 0 bridgehead atoms. The van der Waals surface area contributed by atoms with Crippen LogP contribution in [0.5, 0.6) is 0 Å². The van der Waals surface area contributed by atoms with E-state index in [0.29, 0.717) is 12.1 Å². The van der Waals surface area contributed by atoms with Gasteiger partial charge in [-0.2, -0.15) is 44.8 Å². The number of carbonyl (C=O) groups excluding carboxylic acids is 1. The Kier molecular flexibility index (Phi) is 8.77. The van der Waals surface area contributed by atoms with Crippen LogP contribution >= 0.6 is 23.2 Å². The van der Waals surface area contributed by atoms with Gasteiger partial charge in [0.2, 0.25) is 11.8 Å². The van der Waals surface area contributed by atoms with Crippen LogP contribution in [0, 0.1) is 12.7 Å². The number of aromatic nitrogens is 3. The minimum absolute atomic E-state index is 0.0341. The minimum atomic E-state index is -5.67. The van der Waals surface area contributed by atoms with Gasteiger partial charge in [0.1, 0.15) is 0 Å². The summed E-state index contributed by atoms with van der Waals surface area (Å²) in [5, 5.41) is 6.49. The first-order chi connectivity index (χ1) is 20.6. The number of halogens is 14. The van der Waals surface area contributed by atoms with Gasteiger partial charge in [-0.25, -0.2) is 17.6 Å². The molecule has 2 heterocycles. The summed E-state index contributed by atoms with van der Waals surface area (Å²) >= 11 is 11.3. The number of amides is 1. The first-order valence-corrected chi connectivity index (χ1v) is 12.6. The van der Waals surface area contributed by atoms with E-state index >= 15 is 0 Å². The van der Waals surface area contributed by atoms with Crippen molar-refractivity contribution in [3.63, 3.8) is 0 Å². The Morgan fingerprint density at radius 3 is 2.13 bits per heavy atom. The summed E-state index contributed by atoms with van der Waals surface area (Å²) < 4.78 is 161. The normalized spacial score (nSPS) is 18.2. The molecule has 7 nitrogen and oxygen atoms in total. The van der Waals surface area contributed by atoms with Crippen LogP contribution in [-0.4, -0.2) is 44.9 Å². The SMILES string of the molecule is Cc1cc(C2=NOC(c3cc(Cl)c(F)c(Cl)c3)(C(F)(F)F)C2)ccc1C(=O)Nc1nc(C(F)(F)F)n(C(F)C(F)(F)C(F)F)n1. The van der Waals surface area contributed by atoms with Crippen LogP contribution in [0.4, 0.5) is 58.6 Å². The fourth-order valence-corrected chi connectivity index (χ4v) is 4.60. The zero-order valence-corrected chi connectivity index (χ0v) is 23.2. The standard InChI is InChI=1S/C24H13Cl2F12N5O2/c1-8-4-9(14-7-21(45-42-14,24(36,37)38)10-5-12(25)15(27)13(26)6-10)2-3-11(8)16(44)39-20-40-19(23(33,34)35)43(41-20)18(30)22(31,32)17(28)29/h2-6,17-18H,7H2,1H3,(H,39,41,44). The molecule has 0 aliphatic carbocycles. The lowest BCUT2D eigenvalue weighted by Gasteiger charge is -2.29. The quantitative estimate of drug-likeness (QED) is 0.199. The molecule has 1 aliphatic heterocycles. The van der Waals surface area contributed by atoms with E-state index in [1.807, 2.05) is 0 Å². The average Bonchev–Trinajstić information content (AvgIpc) is 3.56. The molecule has 2 atom stereocenters. The van der Waals surface area contributed by atoms with Crippen LogP contribution in [0.2, 0.25) is 10.0 Å². The smallest absolute Gasteiger partial charge is 0.374 e. The van der Waals surface area contributed by atoms with Crippen LogP contribution in [0.3, 0.4) is 0 Å². The van der Waals surface area contributed by atoms with Crippen molar-refractivity contribution >= 4 is 40.8 Å². The number of hydrogen-bond donors (Lipinski definition) is 1. The number of nitrogens with zero attached hydrogens (tertiary/aromatic N) is 4. The second-order valence-electron chi connectivity index (χ2n) is 9.38. The summed E-state index contributed by atoms with van der Waals surface area (Å²) in [5.74, 6) is -11.9. The van der Waals surface area contributed by atoms with Crippen LogP contribution < -0.4 is 5.32 Å². The first kappa shape index (κ1) is 34.1. The third-order valence-corrected chi connectivity index (χ3v) is 6.92. The van der Waals surface area contributed by atoms with Crippen molar-refractivity contribution in [1.29, 1.82) is 0 Å². The number of carbonyl (C=O) groups is 1. The molecule has 21 heteroatoms. The Bertz CT molecular complexity index is 1650. The number of alkyl halides is 11. The van der Waals surface area contributed by atoms with Gasteiger partial charge < -0.3 is 4.84 Å². The predicted octanol–water partition coefficient (Wildman–Crippen LogP) is 8.25. The van der Waals surface area contributed by atoms with Crippen molar-refractivity contribution in [2.24, 2.45) is 5.16 Å². The van der Waals surface area contributed by atoms with E-state index in [1.54, 1.807) is 5.32 Å². The number of aryl methyl sites for hydroxylation is 1. The molecule has 0 saturated heterocycles. The van der Waals surface area contributed by atoms with Crippen molar-refractivity contribution in [3.8, 4) is 0 Å². The third-order valence-electron chi connectivity index (χ3n) is 6.37. The molecule has 0 spiro atoms. The Morgan fingerprint density at radius 2 is 1.62 bits per heavy atom. The second-order valence-corrected chi connectivity index (χ2v) is 10.2. The van der Waals surface area contributed by atoms with Crippen LogP contribution in [0.25, 0.3) is 0 Å². The summed E-state index contributed by atoms with van der Waals surface area (Å²) in [7, 11) is 0. The van der Waals surface area contributed by atoms with Crippen LogP contribution in [0.1, 0.15) is 45.6 Å². The molecule has 1 aliphatic rings. The highest BCUT2D eigenvalue weighted by Crippen LogP contribution is 2.50. The maximum Gasteiger partial charge on any atom is 0.451 e. The first-order valence-electron chi connectivity index (χ1n) is 11.8. The molecule has 2 aromatic carbocycles. The molecule has 244 valence electrons. The van der Waals surface area contributed by atoms with E-state index in [-0.39, 0.29) is 22.4 Å². The van der Waals surface area contributed by atoms with Gasteiger partial charge in [-0.1, -0.05) is 34.4 Å². The monoisotopic (exact) mass is 701 g/mol. The molecule has 45 heavy (non-hydrogen) atoms. The van der Waals surface area contributed by atoms with Gasteiger partial charge in [0.25, 0.3) is 17.8 Å². The van der Waals surface area contributed by atoms with Gasteiger partial charge in [0.05, 0.1) is 15.8 Å². The molecule has 1 N–H and O–H groups in total. The molecule has 0 radical (unpaired) electrons. The number of benzene rings is 2. The molecule has 1 aromatic heterocycles. The Morgan fingerprint density at radius 1 is 1.02 bits per heavy atom. The van der Waals surface area contributed by atoms with Gasteiger partial charge >= 0.3 is 24.7 Å². The summed E-state index contributed by atoms with van der Waals surface area (Å²) in [5.41, 5.74) is -4.58. The highest BCUT2D eigenvalue weighted by molar-refractivity contribution is 6.35. The lowest BCUT2D eigenvalue weighted by Crippen LogP contribution is -2.42. The number of oxime groups is 1. The van der Waals surface area contributed by atoms with E-state index in [2.05, 4.69) is 15.2 Å². The largest absolute Gasteiger partial charge is 0.451 e. The summed E-state index contributed by atoms with van der Waals surface area (Å²) in [6, 6.07) is 4.49. The highest BCUT2D eigenvalue weighted by Gasteiger charge is 2.62. The third kappa shape index (κ3) is 6.23. The van der Waals surface area contributed by atoms with Crippen molar-refractivity contribution in [2.75, 3.05) is 5.32 Å². The molecule has 0 fully saturated rings. The van der Waals surface area contributed by atoms with Crippen molar-refractivity contribution in [1.82, 2.24) is 14.8 Å². The molecular weight excluding hydrogens is 689 g/mol. The van der Waals surface area contributed by atoms with E-state index in [9.17, 15) is 57.5 Å². The predicted molar refractivity (Wildman–Crippen MR) is 132 cm³/mol. The molecular formula is C24H13Cl2F12N5O2. The van der Waals surface area contributed by atoms with Gasteiger partial charge in [-0.3, -0.25) is 10.1 Å². The van der Waals surface area contributed by atoms with E-state index in [4.69, 9.17) is 28.0 Å². The van der Waals surface area contributed by atoms with Crippen LogP contribution in [-0.2, 0) is 16.6 Å².